The van der Waals surface area contributed by atoms with Gasteiger partial charge in [-0.2, -0.15) is 4.99 Å². The highest BCUT2D eigenvalue weighted by atomic mass is 32.1. The summed E-state index contributed by atoms with van der Waals surface area (Å²) in [5.74, 6) is 0. The predicted molar refractivity (Wildman–Crippen MR) is 68.3 cm³/mol. The number of aromatic nitrogens is 1. The maximum Gasteiger partial charge on any atom is 0.0938 e. The highest BCUT2D eigenvalue weighted by Crippen LogP contribution is 2.26. The number of aliphatic imine (C=N–C) groups is 1. The number of nitrogens with zero attached hydrogens (tertiary/aromatic N) is 2. The molecule has 0 aliphatic rings. The fourth-order valence-corrected chi connectivity index (χ4v) is 2.61. The highest BCUT2D eigenvalue weighted by Gasteiger charge is 2.03. The standard InChI is InChI=1S/C11H10N2S2/c1-2-3-11-13-9-5-4-8(12-7-14)6-10(9)15-11/h4-6H,2-3H2,1H3. The van der Waals surface area contributed by atoms with Crippen molar-refractivity contribution in [1.82, 2.24) is 4.98 Å². The van der Waals surface area contributed by atoms with Crippen molar-refractivity contribution in [2.24, 2.45) is 4.99 Å². The molecule has 2 nitrogen and oxygen atoms in total. The molecule has 0 aliphatic carbocycles. The molecule has 0 spiro atoms. The van der Waals surface area contributed by atoms with Crippen molar-refractivity contribution in [2.75, 3.05) is 0 Å². The van der Waals surface area contributed by atoms with E-state index in [2.05, 4.69) is 34.3 Å². The molecular weight excluding hydrogens is 224 g/mol. The third-order valence-corrected chi connectivity index (χ3v) is 3.22. The smallest absolute Gasteiger partial charge is 0.0938 e. The number of isothiocyanates is 1. The SMILES string of the molecule is CCCc1nc2ccc(N=C=S)cc2s1. The van der Waals surface area contributed by atoms with E-state index < -0.39 is 0 Å². The zero-order chi connectivity index (χ0) is 10.7. The molecule has 0 unspecified atom stereocenters. The summed E-state index contributed by atoms with van der Waals surface area (Å²) >= 11 is 6.30. The van der Waals surface area contributed by atoms with Gasteiger partial charge in [-0.1, -0.05) is 6.92 Å². The summed E-state index contributed by atoms with van der Waals surface area (Å²) in [5.41, 5.74) is 1.90. The summed E-state index contributed by atoms with van der Waals surface area (Å²) < 4.78 is 1.17. The molecule has 0 saturated heterocycles. The second-order valence-corrected chi connectivity index (χ2v) is 4.51. The third-order valence-electron chi connectivity index (χ3n) is 2.05. The van der Waals surface area contributed by atoms with Crippen molar-refractivity contribution in [3.63, 3.8) is 0 Å². The van der Waals surface area contributed by atoms with Crippen LogP contribution in [0.1, 0.15) is 18.4 Å². The summed E-state index contributed by atoms with van der Waals surface area (Å²) in [6, 6.07) is 5.90. The zero-order valence-electron chi connectivity index (χ0n) is 8.36. The lowest BCUT2D eigenvalue weighted by atomic mass is 10.3. The number of thiocarbonyl (C=S) groups is 1. The van der Waals surface area contributed by atoms with Gasteiger partial charge in [0.05, 0.1) is 26.1 Å². The van der Waals surface area contributed by atoms with Crippen molar-refractivity contribution in [2.45, 2.75) is 19.8 Å². The molecule has 15 heavy (non-hydrogen) atoms. The second kappa shape index (κ2) is 4.62. The van der Waals surface area contributed by atoms with Gasteiger partial charge in [0, 0.05) is 0 Å². The Bertz CT molecular complexity index is 524. The van der Waals surface area contributed by atoms with Gasteiger partial charge < -0.3 is 0 Å². The van der Waals surface area contributed by atoms with Gasteiger partial charge in [-0.05, 0) is 43.3 Å². The maximum absolute atomic E-state index is 4.57. The summed E-state index contributed by atoms with van der Waals surface area (Å²) in [5, 5.41) is 3.56. The van der Waals surface area contributed by atoms with E-state index in [1.54, 1.807) is 11.3 Å². The molecule has 76 valence electrons. The quantitative estimate of drug-likeness (QED) is 0.593. The van der Waals surface area contributed by atoms with Crippen molar-refractivity contribution in [1.29, 1.82) is 0 Å². The predicted octanol–water partition coefficient (Wildman–Crippen LogP) is 3.98. The Labute approximate surface area is 97.7 Å². The molecule has 0 N–H and O–H groups in total. The Hall–Kier alpha value is -1.09. The number of fused-ring (bicyclic) bond motifs is 1. The molecule has 1 aromatic heterocycles. The topological polar surface area (TPSA) is 25.2 Å². The minimum atomic E-state index is 0.851. The van der Waals surface area contributed by atoms with Crippen LogP contribution in [0.3, 0.4) is 0 Å². The molecule has 4 heteroatoms. The fraction of sp³-hybridized carbons (Fsp3) is 0.273. The Balaban J connectivity index is 2.47. The lowest BCUT2D eigenvalue weighted by Crippen LogP contribution is -1.78. The number of thiazole rings is 1. The van der Waals surface area contributed by atoms with Gasteiger partial charge in [-0.25, -0.2) is 4.98 Å². The van der Waals surface area contributed by atoms with Crippen molar-refractivity contribution >= 4 is 44.6 Å². The number of aryl methyl sites for hydroxylation is 1. The molecule has 0 bridgehead atoms. The summed E-state index contributed by atoms with van der Waals surface area (Å²) in [4.78, 5) is 8.49. The molecule has 2 rings (SSSR count). The van der Waals surface area contributed by atoms with Gasteiger partial charge in [0.2, 0.25) is 0 Å². The van der Waals surface area contributed by atoms with Crippen LogP contribution in [0.5, 0.6) is 0 Å². The van der Waals surface area contributed by atoms with E-state index in [-0.39, 0.29) is 0 Å². The van der Waals surface area contributed by atoms with Crippen LogP contribution in [0.4, 0.5) is 5.69 Å². The second-order valence-electron chi connectivity index (χ2n) is 3.21. The Morgan fingerprint density at radius 2 is 2.40 bits per heavy atom. The maximum atomic E-state index is 4.57. The van der Waals surface area contributed by atoms with Gasteiger partial charge in [0.1, 0.15) is 0 Å². The van der Waals surface area contributed by atoms with Crippen LogP contribution >= 0.6 is 23.6 Å². The Morgan fingerprint density at radius 3 is 3.13 bits per heavy atom. The minimum absolute atomic E-state index is 0.851. The first-order valence-electron chi connectivity index (χ1n) is 4.81. The molecule has 0 fully saturated rings. The van der Waals surface area contributed by atoms with Gasteiger partial charge in [-0.15, -0.1) is 11.3 Å². The van der Waals surface area contributed by atoms with E-state index in [4.69, 9.17) is 0 Å². The monoisotopic (exact) mass is 234 g/mol. The summed E-state index contributed by atoms with van der Waals surface area (Å²) in [6.45, 7) is 2.16. The first kappa shape index (κ1) is 10.4. The number of hydrogen-bond acceptors (Lipinski definition) is 4. The van der Waals surface area contributed by atoms with E-state index in [1.807, 2.05) is 18.2 Å². The molecule has 0 aliphatic heterocycles. The molecule has 2 aromatic rings. The number of benzene rings is 1. The lowest BCUT2D eigenvalue weighted by Gasteiger charge is -1.89. The van der Waals surface area contributed by atoms with Crippen LogP contribution in [0.15, 0.2) is 23.2 Å². The molecule has 0 radical (unpaired) electrons. The van der Waals surface area contributed by atoms with Crippen LogP contribution in [-0.4, -0.2) is 10.1 Å². The molecule has 0 amide bonds. The van der Waals surface area contributed by atoms with Gasteiger partial charge in [0.25, 0.3) is 0 Å². The number of hydrogen-bond donors (Lipinski definition) is 0. The minimum Gasteiger partial charge on any atom is -0.241 e. The molecule has 0 saturated carbocycles. The summed E-state index contributed by atoms with van der Waals surface area (Å²) in [6.07, 6.45) is 2.18. The molecule has 0 atom stereocenters. The molecular formula is C11H10N2S2. The Kier molecular flexibility index (Phi) is 3.21. The van der Waals surface area contributed by atoms with Crippen LogP contribution in [-0.2, 0) is 6.42 Å². The average molecular weight is 234 g/mol. The van der Waals surface area contributed by atoms with Crippen molar-refractivity contribution in [3.05, 3.63) is 23.2 Å². The zero-order valence-corrected chi connectivity index (χ0v) is 9.99. The van der Waals surface area contributed by atoms with E-state index in [0.29, 0.717) is 0 Å². The molecule has 1 aromatic carbocycles. The Morgan fingerprint density at radius 1 is 1.53 bits per heavy atom. The summed E-state index contributed by atoms with van der Waals surface area (Å²) in [7, 11) is 0. The van der Waals surface area contributed by atoms with Gasteiger partial charge >= 0.3 is 0 Å². The van der Waals surface area contributed by atoms with Gasteiger partial charge in [-0.3, -0.25) is 0 Å². The normalized spacial score (nSPS) is 10.2. The van der Waals surface area contributed by atoms with Crippen molar-refractivity contribution in [3.8, 4) is 0 Å². The lowest BCUT2D eigenvalue weighted by molar-refractivity contribution is 0.913. The van der Waals surface area contributed by atoms with E-state index in [1.165, 1.54) is 9.71 Å². The third kappa shape index (κ3) is 2.29. The highest BCUT2D eigenvalue weighted by molar-refractivity contribution is 7.78. The first-order chi connectivity index (χ1) is 7.33. The fourth-order valence-electron chi connectivity index (χ4n) is 1.40. The van der Waals surface area contributed by atoms with Crippen LogP contribution in [0.2, 0.25) is 0 Å². The van der Waals surface area contributed by atoms with Crippen LogP contribution in [0.25, 0.3) is 10.2 Å². The average Bonchev–Trinajstić information content (AvgIpc) is 2.60. The van der Waals surface area contributed by atoms with Crippen LogP contribution < -0.4 is 0 Å². The van der Waals surface area contributed by atoms with Crippen molar-refractivity contribution < 1.29 is 0 Å². The van der Waals surface area contributed by atoms with E-state index in [9.17, 15) is 0 Å². The van der Waals surface area contributed by atoms with E-state index in [0.717, 1.165) is 24.0 Å². The van der Waals surface area contributed by atoms with Gasteiger partial charge in [0.15, 0.2) is 0 Å². The van der Waals surface area contributed by atoms with E-state index >= 15 is 0 Å². The first-order valence-corrected chi connectivity index (χ1v) is 6.03. The largest absolute Gasteiger partial charge is 0.241 e. The van der Waals surface area contributed by atoms with Crippen LogP contribution in [0, 0.1) is 0 Å². The molecule has 1 heterocycles. The number of rotatable bonds is 3.